The number of aliphatic hydroxyl groups excluding tert-OH is 1. The van der Waals surface area contributed by atoms with Crippen LogP contribution in [0.4, 0.5) is 14.0 Å². The number of hydrogen-bond acceptors (Lipinski definition) is 5. The molecule has 2 N–H and O–H groups in total. The minimum atomic E-state index is -1.37. The molecule has 0 saturated heterocycles. The highest BCUT2D eigenvalue weighted by Gasteiger charge is 2.26. The molecular formula is C20H29BrClFN2O5. The molecule has 1 rings (SSSR count). The normalized spacial score (nSPS) is 12.9. The summed E-state index contributed by atoms with van der Waals surface area (Å²) >= 11 is 8.99. The van der Waals surface area contributed by atoms with Crippen molar-refractivity contribution >= 4 is 39.7 Å². The lowest BCUT2D eigenvalue weighted by Crippen LogP contribution is -2.44. The maximum absolute atomic E-state index is 14.4. The van der Waals surface area contributed by atoms with Crippen LogP contribution in [-0.2, 0) is 9.47 Å². The van der Waals surface area contributed by atoms with Gasteiger partial charge in [0.25, 0.3) is 0 Å². The minimum absolute atomic E-state index is 0.00850. The maximum Gasteiger partial charge on any atom is 0.410 e. The summed E-state index contributed by atoms with van der Waals surface area (Å²) in [7, 11) is 0. The standard InChI is InChI=1S/C20H29BrClFN2O5/c1-19(2,3)29-17(27)24-7-8-25(18(28)30-20(4,5)6)11-15(26)13-9-12(22)10-14(21)16(13)23/h9-10,15,26H,7-8,11H2,1-6H3,(H,24,27). The Morgan fingerprint density at radius 1 is 1.20 bits per heavy atom. The van der Waals surface area contributed by atoms with Gasteiger partial charge in [0.1, 0.15) is 17.0 Å². The third-order valence-electron chi connectivity index (χ3n) is 3.48. The van der Waals surface area contributed by atoms with Crippen LogP contribution in [0.25, 0.3) is 0 Å². The number of amides is 2. The van der Waals surface area contributed by atoms with E-state index < -0.39 is 35.3 Å². The molecule has 0 aromatic heterocycles. The van der Waals surface area contributed by atoms with E-state index in [1.54, 1.807) is 41.5 Å². The fourth-order valence-corrected chi connectivity index (χ4v) is 3.15. The van der Waals surface area contributed by atoms with Crippen molar-refractivity contribution in [2.75, 3.05) is 19.6 Å². The van der Waals surface area contributed by atoms with E-state index in [2.05, 4.69) is 21.2 Å². The first-order valence-corrected chi connectivity index (χ1v) is 10.5. The summed E-state index contributed by atoms with van der Waals surface area (Å²) < 4.78 is 25.0. The number of nitrogens with zero attached hydrogens (tertiary/aromatic N) is 1. The summed E-state index contributed by atoms with van der Waals surface area (Å²) in [6, 6.07) is 2.65. The van der Waals surface area contributed by atoms with Gasteiger partial charge in [-0.05, 0) is 69.6 Å². The number of rotatable bonds is 6. The summed E-state index contributed by atoms with van der Waals surface area (Å²) in [5.74, 6) is -0.678. The highest BCUT2D eigenvalue weighted by molar-refractivity contribution is 9.10. The molecule has 0 heterocycles. The number of halogens is 3. The maximum atomic E-state index is 14.4. The number of alkyl carbamates (subject to hydrolysis) is 1. The summed E-state index contributed by atoms with van der Waals surface area (Å²) in [6.07, 6.45) is -2.72. The monoisotopic (exact) mass is 510 g/mol. The Hall–Kier alpha value is -1.58. The fraction of sp³-hybridized carbons (Fsp3) is 0.600. The van der Waals surface area contributed by atoms with Crippen LogP contribution in [0.2, 0.25) is 5.02 Å². The average Bonchev–Trinajstić information content (AvgIpc) is 2.53. The van der Waals surface area contributed by atoms with E-state index >= 15 is 0 Å². The van der Waals surface area contributed by atoms with Gasteiger partial charge in [0, 0.05) is 23.7 Å². The Morgan fingerprint density at radius 3 is 2.30 bits per heavy atom. The Kier molecular flexibility index (Phi) is 9.38. The molecule has 30 heavy (non-hydrogen) atoms. The first-order valence-electron chi connectivity index (χ1n) is 9.36. The first kappa shape index (κ1) is 26.5. The third kappa shape index (κ3) is 9.49. The summed E-state index contributed by atoms with van der Waals surface area (Å²) in [6.45, 7) is 10.1. The molecule has 0 aliphatic carbocycles. The zero-order valence-electron chi connectivity index (χ0n) is 18.0. The van der Waals surface area contributed by atoms with Gasteiger partial charge < -0.3 is 24.8 Å². The van der Waals surface area contributed by atoms with Gasteiger partial charge in [-0.3, -0.25) is 0 Å². The molecule has 0 saturated carbocycles. The molecule has 0 aliphatic heterocycles. The second-order valence-electron chi connectivity index (χ2n) is 8.66. The molecule has 7 nitrogen and oxygen atoms in total. The molecule has 1 aromatic carbocycles. The molecule has 170 valence electrons. The third-order valence-corrected chi connectivity index (χ3v) is 4.27. The Bertz CT molecular complexity index is 765. The lowest BCUT2D eigenvalue weighted by atomic mass is 10.1. The predicted molar refractivity (Wildman–Crippen MR) is 116 cm³/mol. The van der Waals surface area contributed by atoms with Gasteiger partial charge in [-0.1, -0.05) is 11.6 Å². The highest BCUT2D eigenvalue weighted by Crippen LogP contribution is 2.29. The van der Waals surface area contributed by atoms with Gasteiger partial charge in [-0.25, -0.2) is 14.0 Å². The molecule has 1 atom stereocenters. The number of ether oxygens (including phenoxy) is 2. The number of carbonyl (C=O) groups is 2. The van der Waals surface area contributed by atoms with Gasteiger partial charge in [0.2, 0.25) is 0 Å². The van der Waals surface area contributed by atoms with E-state index in [0.717, 1.165) is 0 Å². The van der Waals surface area contributed by atoms with Crippen LogP contribution in [0.5, 0.6) is 0 Å². The van der Waals surface area contributed by atoms with E-state index in [9.17, 15) is 19.1 Å². The molecule has 1 unspecified atom stereocenters. The van der Waals surface area contributed by atoms with Gasteiger partial charge in [0.15, 0.2) is 0 Å². The Morgan fingerprint density at radius 2 is 1.77 bits per heavy atom. The first-order chi connectivity index (χ1) is 13.6. The quantitative estimate of drug-likeness (QED) is 0.523. The number of nitrogens with one attached hydrogen (secondary N) is 1. The average molecular weight is 512 g/mol. The van der Waals surface area contributed by atoms with Gasteiger partial charge in [-0.15, -0.1) is 0 Å². The lowest BCUT2D eigenvalue weighted by molar-refractivity contribution is 0.0135. The van der Waals surface area contributed by atoms with Crippen molar-refractivity contribution in [2.45, 2.75) is 58.8 Å². The topological polar surface area (TPSA) is 88.1 Å². The van der Waals surface area contributed by atoms with Crippen LogP contribution in [0.15, 0.2) is 16.6 Å². The SMILES string of the molecule is CC(C)(C)OC(=O)NCCN(CC(O)c1cc(Cl)cc(Br)c1F)C(=O)OC(C)(C)C. The largest absolute Gasteiger partial charge is 0.444 e. The van der Waals surface area contributed by atoms with E-state index in [1.165, 1.54) is 17.0 Å². The van der Waals surface area contributed by atoms with Crippen molar-refractivity contribution in [2.24, 2.45) is 0 Å². The van der Waals surface area contributed by atoms with Gasteiger partial charge in [-0.2, -0.15) is 0 Å². The zero-order chi connectivity index (χ0) is 23.3. The van der Waals surface area contributed by atoms with Gasteiger partial charge >= 0.3 is 12.2 Å². The molecule has 0 aliphatic rings. The molecule has 2 amide bonds. The molecule has 10 heteroatoms. The predicted octanol–water partition coefficient (Wildman–Crippen LogP) is 5.04. The van der Waals surface area contributed by atoms with E-state index in [0.29, 0.717) is 0 Å². The number of carbonyl (C=O) groups excluding carboxylic acids is 2. The lowest BCUT2D eigenvalue weighted by Gasteiger charge is -2.29. The van der Waals surface area contributed by atoms with Crippen LogP contribution < -0.4 is 5.32 Å². The van der Waals surface area contributed by atoms with Crippen LogP contribution in [0.3, 0.4) is 0 Å². The van der Waals surface area contributed by atoms with Crippen molar-refractivity contribution in [3.8, 4) is 0 Å². The fourth-order valence-electron chi connectivity index (χ4n) is 2.32. The summed E-state index contributed by atoms with van der Waals surface area (Å²) in [5.41, 5.74) is -1.51. The van der Waals surface area contributed by atoms with Crippen molar-refractivity contribution in [1.29, 1.82) is 0 Å². The van der Waals surface area contributed by atoms with Crippen molar-refractivity contribution in [3.63, 3.8) is 0 Å². The van der Waals surface area contributed by atoms with E-state index in [-0.39, 0.29) is 34.7 Å². The molecule has 0 fully saturated rings. The van der Waals surface area contributed by atoms with Crippen LogP contribution in [0, 0.1) is 5.82 Å². The number of aliphatic hydroxyl groups is 1. The van der Waals surface area contributed by atoms with E-state index in [4.69, 9.17) is 21.1 Å². The van der Waals surface area contributed by atoms with Crippen LogP contribution >= 0.6 is 27.5 Å². The van der Waals surface area contributed by atoms with E-state index in [1.807, 2.05) is 0 Å². The van der Waals surface area contributed by atoms with Crippen molar-refractivity contribution < 1.29 is 28.6 Å². The minimum Gasteiger partial charge on any atom is -0.444 e. The van der Waals surface area contributed by atoms with Crippen LogP contribution in [0.1, 0.15) is 53.2 Å². The Balaban J connectivity index is 2.91. The molecule has 1 aromatic rings. The smallest absolute Gasteiger partial charge is 0.410 e. The van der Waals surface area contributed by atoms with Crippen molar-refractivity contribution in [3.05, 3.63) is 33.0 Å². The molecule has 0 radical (unpaired) electrons. The zero-order valence-corrected chi connectivity index (χ0v) is 20.4. The number of hydrogen-bond donors (Lipinski definition) is 2. The summed E-state index contributed by atoms with van der Waals surface area (Å²) in [4.78, 5) is 25.6. The van der Waals surface area contributed by atoms with Crippen molar-refractivity contribution in [1.82, 2.24) is 10.2 Å². The molecular weight excluding hydrogens is 483 g/mol. The second-order valence-corrected chi connectivity index (χ2v) is 9.95. The number of benzene rings is 1. The molecule has 0 bridgehead atoms. The van der Waals surface area contributed by atoms with Crippen LogP contribution in [-0.4, -0.2) is 53.0 Å². The second kappa shape index (κ2) is 10.6. The highest BCUT2D eigenvalue weighted by atomic mass is 79.9. The summed E-state index contributed by atoms with van der Waals surface area (Å²) in [5, 5.41) is 13.3. The van der Waals surface area contributed by atoms with Gasteiger partial charge in [0.05, 0.1) is 17.1 Å². The molecule has 0 spiro atoms. The Labute approximate surface area is 190 Å².